The molecule has 1 aromatic rings. The highest BCUT2D eigenvalue weighted by Gasteiger charge is 2.20. The molecule has 1 atom stereocenters. The van der Waals surface area contributed by atoms with E-state index >= 15 is 0 Å². The second-order valence-corrected chi connectivity index (χ2v) is 4.98. The van der Waals surface area contributed by atoms with E-state index in [0.29, 0.717) is 11.7 Å². The normalized spacial score (nSPS) is 17.4. The van der Waals surface area contributed by atoms with Crippen molar-refractivity contribution in [2.75, 3.05) is 20.2 Å². The molecule has 0 radical (unpaired) electrons. The van der Waals surface area contributed by atoms with Crippen LogP contribution >= 0.6 is 0 Å². The first kappa shape index (κ1) is 14.6. The summed E-state index contributed by atoms with van der Waals surface area (Å²) in [6.07, 6.45) is 4.99. The van der Waals surface area contributed by atoms with Crippen LogP contribution in [0, 0.1) is 0 Å². The molecule has 2 rings (SSSR count). The summed E-state index contributed by atoms with van der Waals surface area (Å²) in [5.74, 6) is -0.281. The summed E-state index contributed by atoms with van der Waals surface area (Å²) in [4.78, 5) is 11.3. The number of nitrogens with one attached hydrogen (secondary N) is 2. The fraction of sp³-hybridized carbons (Fsp3) is 0.438. The van der Waals surface area contributed by atoms with Gasteiger partial charge in [0.1, 0.15) is 5.70 Å². The Morgan fingerprint density at radius 2 is 2.20 bits per heavy atom. The van der Waals surface area contributed by atoms with Gasteiger partial charge in [-0.25, -0.2) is 4.79 Å². The molecule has 0 saturated carbocycles. The van der Waals surface area contributed by atoms with E-state index in [1.54, 1.807) is 0 Å². The standard InChI is InChI=1S/C16H22N2O2/c1-20-16(19)15-10-9-14(18-15)12-17-11-5-8-13-6-3-2-4-7-13/h2-4,6-7,10,14,17-18H,5,8-9,11-12H2,1H3. The third-order valence-corrected chi connectivity index (χ3v) is 3.42. The predicted octanol–water partition coefficient (Wildman–Crippen LogP) is 1.63. The van der Waals surface area contributed by atoms with E-state index in [4.69, 9.17) is 0 Å². The zero-order chi connectivity index (χ0) is 14.2. The predicted molar refractivity (Wildman–Crippen MR) is 79.3 cm³/mol. The molecule has 1 aliphatic heterocycles. The molecule has 0 aromatic heterocycles. The van der Waals surface area contributed by atoms with Gasteiger partial charge < -0.3 is 15.4 Å². The number of ether oxygens (including phenoxy) is 1. The van der Waals surface area contributed by atoms with Gasteiger partial charge in [-0.3, -0.25) is 0 Å². The van der Waals surface area contributed by atoms with Crippen LogP contribution in [0.15, 0.2) is 42.1 Å². The molecule has 1 aliphatic rings. The molecule has 2 N–H and O–H groups in total. The van der Waals surface area contributed by atoms with E-state index < -0.39 is 0 Å². The molecular formula is C16H22N2O2. The Morgan fingerprint density at radius 1 is 1.40 bits per heavy atom. The minimum atomic E-state index is -0.281. The Labute approximate surface area is 120 Å². The second-order valence-electron chi connectivity index (χ2n) is 4.98. The first-order valence-corrected chi connectivity index (χ1v) is 7.09. The zero-order valence-electron chi connectivity index (χ0n) is 11.9. The first-order chi connectivity index (χ1) is 9.79. The fourth-order valence-electron chi connectivity index (χ4n) is 2.32. The largest absolute Gasteiger partial charge is 0.464 e. The number of esters is 1. The monoisotopic (exact) mass is 274 g/mol. The van der Waals surface area contributed by atoms with E-state index in [9.17, 15) is 4.79 Å². The Bertz CT molecular complexity index is 457. The van der Waals surface area contributed by atoms with Gasteiger partial charge in [0.15, 0.2) is 0 Å². The van der Waals surface area contributed by atoms with Gasteiger partial charge >= 0.3 is 5.97 Å². The number of aryl methyl sites for hydroxylation is 1. The molecular weight excluding hydrogens is 252 g/mol. The average molecular weight is 274 g/mol. The van der Waals surface area contributed by atoms with E-state index in [1.807, 2.05) is 12.1 Å². The maximum atomic E-state index is 11.3. The van der Waals surface area contributed by atoms with Crippen LogP contribution in [-0.2, 0) is 16.0 Å². The van der Waals surface area contributed by atoms with Crippen molar-refractivity contribution < 1.29 is 9.53 Å². The van der Waals surface area contributed by atoms with E-state index in [-0.39, 0.29) is 5.97 Å². The summed E-state index contributed by atoms with van der Waals surface area (Å²) in [6, 6.07) is 10.8. The highest BCUT2D eigenvalue weighted by molar-refractivity contribution is 5.88. The number of hydrogen-bond acceptors (Lipinski definition) is 4. The second kappa shape index (κ2) is 7.70. The molecule has 0 bridgehead atoms. The lowest BCUT2D eigenvalue weighted by atomic mass is 10.1. The van der Waals surface area contributed by atoms with Crippen LogP contribution < -0.4 is 10.6 Å². The highest BCUT2D eigenvalue weighted by atomic mass is 16.5. The zero-order valence-corrected chi connectivity index (χ0v) is 11.9. The number of carbonyl (C=O) groups is 1. The Kier molecular flexibility index (Phi) is 5.62. The molecule has 4 heteroatoms. The van der Waals surface area contributed by atoms with Crippen molar-refractivity contribution in [3.8, 4) is 0 Å². The van der Waals surface area contributed by atoms with Crippen LogP contribution in [0.4, 0.5) is 0 Å². The van der Waals surface area contributed by atoms with Crippen molar-refractivity contribution in [3.63, 3.8) is 0 Å². The molecule has 1 aromatic carbocycles. The van der Waals surface area contributed by atoms with E-state index in [1.165, 1.54) is 12.7 Å². The van der Waals surface area contributed by atoms with Crippen molar-refractivity contribution in [3.05, 3.63) is 47.7 Å². The minimum Gasteiger partial charge on any atom is -0.464 e. The first-order valence-electron chi connectivity index (χ1n) is 7.09. The van der Waals surface area contributed by atoms with Crippen molar-refractivity contribution in [1.29, 1.82) is 0 Å². The van der Waals surface area contributed by atoms with Gasteiger partial charge in [0, 0.05) is 12.6 Å². The Balaban J connectivity index is 1.56. The van der Waals surface area contributed by atoms with Crippen molar-refractivity contribution in [2.45, 2.75) is 25.3 Å². The summed E-state index contributed by atoms with van der Waals surface area (Å²) in [7, 11) is 1.40. The molecule has 1 heterocycles. The van der Waals surface area contributed by atoms with Crippen LogP contribution in [0.1, 0.15) is 18.4 Å². The molecule has 1 unspecified atom stereocenters. The number of rotatable bonds is 7. The molecule has 0 aliphatic carbocycles. The maximum Gasteiger partial charge on any atom is 0.353 e. The minimum absolute atomic E-state index is 0.281. The van der Waals surface area contributed by atoms with Gasteiger partial charge in [0.25, 0.3) is 0 Å². The Hall–Kier alpha value is -1.81. The average Bonchev–Trinajstić information content (AvgIpc) is 2.96. The van der Waals surface area contributed by atoms with E-state index in [0.717, 1.165) is 32.4 Å². The molecule has 4 nitrogen and oxygen atoms in total. The summed E-state index contributed by atoms with van der Waals surface area (Å²) < 4.78 is 4.68. The van der Waals surface area contributed by atoms with Gasteiger partial charge in [0.05, 0.1) is 7.11 Å². The summed E-state index contributed by atoms with van der Waals surface area (Å²) in [6.45, 7) is 1.85. The van der Waals surface area contributed by atoms with Crippen LogP contribution in [-0.4, -0.2) is 32.2 Å². The number of methoxy groups -OCH3 is 1. The molecule has 0 fully saturated rings. The van der Waals surface area contributed by atoms with Crippen LogP contribution in [0.2, 0.25) is 0 Å². The fourth-order valence-corrected chi connectivity index (χ4v) is 2.32. The van der Waals surface area contributed by atoms with Gasteiger partial charge in [-0.1, -0.05) is 36.4 Å². The maximum absolute atomic E-state index is 11.3. The quantitative estimate of drug-likeness (QED) is 0.586. The highest BCUT2D eigenvalue weighted by Crippen LogP contribution is 2.09. The SMILES string of the molecule is COC(=O)C1=CCC(CNCCCc2ccccc2)N1. The summed E-state index contributed by atoms with van der Waals surface area (Å²) in [5, 5.41) is 6.60. The molecule has 20 heavy (non-hydrogen) atoms. The lowest BCUT2D eigenvalue weighted by Crippen LogP contribution is -2.36. The van der Waals surface area contributed by atoms with E-state index in [2.05, 4.69) is 39.6 Å². The van der Waals surface area contributed by atoms with Gasteiger partial charge in [-0.05, 0) is 31.4 Å². The molecule has 0 spiro atoms. The molecule has 0 saturated heterocycles. The molecule has 0 amide bonds. The topological polar surface area (TPSA) is 50.4 Å². The van der Waals surface area contributed by atoms with Crippen molar-refractivity contribution >= 4 is 5.97 Å². The van der Waals surface area contributed by atoms with Crippen LogP contribution in [0.25, 0.3) is 0 Å². The van der Waals surface area contributed by atoms with Gasteiger partial charge in [-0.2, -0.15) is 0 Å². The summed E-state index contributed by atoms with van der Waals surface area (Å²) >= 11 is 0. The van der Waals surface area contributed by atoms with Gasteiger partial charge in [-0.15, -0.1) is 0 Å². The van der Waals surface area contributed by atoms with Crippen LogP contribution in [0.5, 0.6) is 0 Å². The van der Waals surface area contributed by atoms with Gasteiger partial charge in [0.2, 0.25) is 0 Å². The number of hydrogen-bond donors (Lipinski definition) is 2. The third-order valence-electron chi connectivity index (χ3n) is 3.42. The lowest BCUT2D eigenvalue weighted by molar-refractivity contribution is -0.136. The Morgan fingerprint density at radius 3 is 2.95 bits per heavy atom. The molecule has 108 valence electrons. The number of carbonyl (C=O) groups excluding carboxylic acids is 1. The smallest absolute Gasteiger partial charge is 0.353 e. The summed E-state index contributed by atoms with van der Waals surface area (Å²) in [5.41, 5.74) is 1.96. The lowest BCUT2D eigenvalue weighted by Gasteiger charge is -2.13. The third kappa shape index (κ3) is 4.38. The van der Waals surface area contributed by atoms with Crippen LogP contribution in [0.3, 0.4) is 0 Å². The van der Waals surface area contributed by atoms with Crippen molar-refractivity contribution in [2.24, 2.45) is 0 Å². The van der Waals surface area contributed by atoms with Crippen molar-refractivity contribution in [1.82, 2.24) is 10.6 Å². The number of benzene rings is 1.